The second-order valence-corrected chi connectivity index (χ2v) is 5.89. The Kier molecular flexibility index (Phi) is 4.24. The Labute approximate surface area is 139 Å². The van der Waals surface area contributed by atoms with Crippen molar-refractivity contribution in [3.63, 3.8) is 0 Å². The highest BCUT2D eigenvalue weighted by atomic mass is 16.5. The van der Waals surface area contributed by atoms with Crippen LogP contribution in [0.4, 0.5) is 0 Å². The summed E-state index contributed by atoms with van der Waals surface area (Å²) in [7, 11) is 1.59. The van der Waals surface area contributed by atoms with Crippen LogP contribution >= 0.6 is 0 Å². The highest BCUT2D eigenvalue weighted by molar-refractivity contribution is 5.96. The fourth-order valence-corrected chi connectivity index (χ4v) is 2.98. The fraction of sp³-hybridized carbons (Fsp3) is 0.353. The van der Waals surface area contributed by atoms with Crippen LogP contribution in [0.5, 0.6) is 5.75 Å². The number of amides is 1. The Morgan fingerprint density at radius 1 is 1.21 bits per heavy atom. The summed E-state index contributed by atoms with van der Waals surface area (Å²) in [5.74, 6) is -0.719. The van der Waals surface area contributed by atoms with Gasteiger partial charge in [0.25, 0.3) is 5.91 Å². The van der Waals surface area contributed by atoms with E-state index < -0.39 is 17.4 Å². The van der Waals surface area contributed by atoms with Crippen LogP contribution in [0.3, 0.4) is 0 Å². The van der Waals surface area contributed by atoms with Crippen LogP contribution in [0.1, 0.15) is 36.2 Å². The van der Waals surface area contributed by atoms with Crippen LogP contribution in [-0.4, -0.2) is 39.4 Å². The van der Waals surface area contributed by atoms with E-state index in [0.717, 1.165) is 24.3 Å². The maximum absolute atomic E-state index is 12.4. The van der Waals surface area contributed by atoms with Gasteiger partial charge in [-0.3, -0.25) is 4.79 Å². The van der Waals surface area contributed by atoms with E-state index in [-0.39, 0.29) is 5.69 Å². The number of carbonyl (C=O) groups is 2. The average Bonchev–Trinajstić information content (AvgIpc) is 3.25. The number of hydrogen-bond acceptors (Lipinski definition) is 4. The molecule has 0 atom stereocenters. The molecular formula is C17H19N3O4. The van der Waals surface area contributed by atoms with Crippen LogP contribution in [0.2, 0.25) is 0 Å². The van der Waals surface area contributed by atoms with Crippen molar-refractivity contribution < 1.29 is 19.4 Å². The second kappa shape index (κ2) is 6.35. The smallest absolute Gasteiger partial charge is 0.329 e. The number of aliphatic carboxylic acids is 1. The Balaban J connectivity index is 1.77. The van der Waals surface area contributed by atoms with Gasteiger partial charge in [0, 0.05) is 6.20 Å². The van der Waals surface area contributed by atoms with Gasteiger partial charge in [0.15, 0.2) is 5.69 Å². The van der Waals surface area contributed by atoms with E-state index in [4.69, 9.17) is 4.74 Å². The molecule has 0 aliphatic heterocycles. The summed E-state index contributed by atoms with van der Waals surface area (Å²) in [6.45, 7) is 0. The van der Waals surface area contributed by atoms with E-state index in [1.54, 1.807) is 36.2 Å². The summed E-state index contributed by atoms with van der Waals surface area (Å²) in [4.78, 5) is 23.9. The summed E-state index contributed by atoms with van der Waals surface area (Å²) in [6.07, 6.45) is 4.17. The molecule has 1 heterocycles. The average molecular weight is 329 g/mol. The zero-order valence-corrected chi connectivity index (χ0v) is 13.4. The van der Waals surface area contributed by atoms with Crippen molar-refractivity contribution in [3.8, 4) is 11.4 Å². The van der Waals surface area contributed by atoms with Gasteiger partial charge >= 0.3 is 5.97 Å². The molecule has 1 saturated carbocycles. The molecule has 1 aliphatic carbocycles. The minimum atomic E-state index is -1.17. The number of carbonyl (C=O) groups excluding carboxylic acids is 1. The summed E-state index contributed by atoms with van der Waals surface area (Å²) in [6, 6.07) is 8.82. The highest BCUT2D eigenvalue weighted by Crippen LogP contribution is 2.30. The molecule has 3 rings (SSSR count). The number of benzene rings is 1. The minimum absolute atomic E-state index is 0.193. The lowest BCUT2D eigenvalue weighted by Gasteiger charge is -2.24. The van der Waals surface area contributed by atoms with Crippen LogP contribution < -0.4 is 10.1 Å². The van der Waals surface area contributed by atoms with E-state index in [9.17, 15) is 14.7 Å². The van der Waals surface area contributed by atoms with Gasteiger partial charge in [0.1, 0.15) is 11.3 Å². The molecule has 7 nitrogen and oxygen atoms in total. The number of aromatic nitrogens is 2. The molecule has 0 radical (unpaired) electrons. The number of nitrogens with one attached hydrogen (secondary N) is 1. The first-order valence-corrected chi connectivity index (χ1v) is 7.80. The molecule has 1 aromatic carbocycles. The molecule has 2 aromatic rings. The van der Waals surface area contributed by atoms with Crippen LogP contribution in [0.15, 0.2) is 36.5 Å². The Bertz CT molecular complexity index is 745. The summed E-state index contributed by atoms with van der Waals surface area (Å²) in [5, 5.41) is 16.3. The first kappa shape index (κ1) is 16.0. The van der Waals surface area contributed by atoms with Crippen molar-refractivity contribution in [2.45, 2.75) is 31.2 Å². The van der Waals surface area contributed by atoms with Crippen molar-refractivity contribution in [2.75, 3.05) is 7.11 Å². The van der Waals surface area contributed by atoms with Gasteiger partial charge in [-0.05, 0) is 43.2 Å². The van der Waals surface area contributed by atoms with Gasteiger partial charge in [-0.15, -0.1) is 0 Å². The van der Waals surface area contributed by atoms with Gasteiger partial charge in [-0.25, -0.2) is 9.48 Å². The quantitative estimate of drug-likeness (QED) is 0.875. The number of carboxylic acids is 1. The number of carboxylic acid groups (broad SMARTS) is 1. The molecule has 1 aliphatic rings. The van der Waals surface area contributed by atoms with E-state index in [1.165, 1.54) is 0 Å². The standard InChI is InChI=1S/C17H19N3O4/c1-24-13-6-4-12(5-7-13)20-11-8-14(19-20)15(21)18-17(16(22)23)9-2-3-10-17/h4-8,11H,2-3,9-10H2,1H3,(H,18,21)(H,22,23). The first-order chi connectivity index (χ1) is 11.5. The van der Waals surface area contributed by atoms with Gasteiger partial charge in [-0.1, -0.05) is 12.8 Å². The third-order valence-electron chi connectivity index (χ3n) is 4.38. The molecule has 0 bridgehead atoms. The topological polar surface area (TPSA) is 93.5 Å². The normalized spacial score (nSPS) is 15.9. The predicted octanol–water partition coefficient (Wildman–Crippen LogP) is 2.01. The molecule has 1 fully saturated rings. The first-order valence-electron chi connectivity index (χ1n) is 7.80. The van der Waals surface area contributed by atoms with Crippen molar-refractivity contribution in [1.29, 1.82) is 0 Å². The van der Waals surface area contributed by atoms with Gasteiger partial charge in [0.2, 0.25) is 0 Å². The van der Waals surface area contributed by atoms with Crippen molar-refractivity contribution in [2.24, 2.45) is 0 Å². The van der Waals surface area contributed by atoms with Crippen molar-refractivity contribution >= 4 is 11.9 Å². The summed E-state index contributed by atoms with van der Waals surface area (Å²) >= 11 is 0. The molecule has 0 unspecified atom stereocenters. The molecule has 1 aromatic heterocycles. The predicted molar refractivity (Wildman–Crippen MR) is 86.4 cm³/mol. The van der Waals surface area contributed by atoms with Crippen LogP contribution in [0, 0.1) is 0 Å². The summed E-state index contributed by atoms with van der Waals surface area (Å²) < 4.78 is 6.67. The third-order valence-corrected chi connectivity index (χ3v) is 4.38. The molecule has 0 spiro atoms. The largest absolute Gasteiger partial charge is 0.497 e. The Morgan fingerprint density at radius 3 is 2.46 bits per heavy atom. The zero-order valence-electron chi connectivity index (χ0n) is 13.4. The van der Waals surface area contributed by atoms with Crippen molar-refractivity contribution in [3.05, 3.63) is 42.2 Å². The van der Waals surface area contributed by atoms with E-state index in [2.05, 4.69) is 10.4 Å². The summed E-state index contributed by atoms with van der Waals surface area (Å²) in [5.41, 5.74) is -0.192. The number of ether oxygens (including phenoxy) is 1. The van der Waals surface area contributed by atoms with Crippen molar-refractivity contribution in [1.82, 2.24) is 15.1 Å². The van der Waals surface area contributed by atoms with Gasteiger partial charge in [0.05, 0.1) is 12.8 Å². The SMILES string of the molecule is COc1ccc(-n2ccc(C(=O)NC3(C(=O)O)CCCC3)n2)cc1. The number of methoxy groups -OCH3 is 1. The van der Waals surface area contributed by atoms with Gasteiger partial charge < -0.3 is 15.2 Å². The molecular weight excluding hydrogens is 310 g/mol. The molecule has 1 amide bonds. The lowest BCUT2D eigenvalue weighted by atomic mass is 9.97. The van der Waals surface area contributed by atoms with E-state index >= 15 is 0 Å². The second-order valence-electron chi connectivity index (χ2n) is 5.89. The zero-order chi connectivity index (χ0) is 17.2. The molecule has 24 heavy (non-hydrogen) atoms. The maximum Gasteiger partial charge on any atom is 0.329 e. The number of nitrogens with zero attached hydrogens (tertiary/aromatic N) is 2. The monoisotopic (exact) mass is 329 g/mol. The Hall–Kier alpha value is -2.83. The number of hydrogen-bond donors (Lipinski definition) is 2. The highest BCUT2D eigenvalue weighted by Gasteiger charge is 2.43. The molecule has 2 N–H and O–H groups in total. The molecule has 0 saturated heterocycles. The molecule has 7 heteroatoms. The van der Waals surface area contributed by atoms with E-state index in [0.29, 0.717) is 12.8 Å². The minimum Gasteiger partial charge on any atom is -0.497 e. The maximum atomic E-state index is 12.4. The van der Waals surface area contributed by atoms with Crippen LogP contribution in [-0.2, 0) is 4.79 Å². The fourth-order valence-electron chi connectivity index (χ4n) is 2.98. The van der Waals surface area contributed by atoms with Crippen LogP contribution in [0.25, 0.3) is 5.69 Å². The van der Waals surface area contributed by atoms with E-state index in [1.807, 2.05) is 12.1 Å². The number of rotatable bonds is 5. The Morgan fingerprint density at radius 2 is 1.88 bits per heavy atom. The van der Waals surface area contributed by atoms with Gasteiger partial charge in [-0.2, -0.15) is 5.10 Å². The lowest BCUT2D eigenvalue weighted by molar-refractivity contribution is -0.144. The molecule has 126 valence electrons. The third kappa shape index (κ3) is 2.97. The lowest BCUT2D eigenvalue weighted by Crippen LogP contribution is -2.52.